The Morgan fingerprint density at radius 1 is 0.550 bits per heavy atom. The van der Waals surface area contributed by atoms with Crippen LogP contribution in [0.4, 0.5) is 0 Å². The highest BCUT2D eigenvalue weighted by molar-refractivity contribution is 9.13. The van der Waals surface area contributed by atoms with Gasteiger partial charge in [0.1, 0.15) is 0 Å². The summed E-state index contributed by atoms with van der Waals surface area (Å²) in [5, 5.41) is 0. The largest absolute Gasteiger partial charge is 0.0622 e. The minimum atomic E-state index is 1.07. The highest BCUT2D eigenvalue weighted by Crippen LogP contribution is 2.41. The van der Waals surface area contributed by atoms with E-state index in [2.05, 4.69) is 92.5 Å². The molecule has 0 N–H and O–H groups in total. The molecule has 0 amide bonds. The van der Waals surface area contributed by atoms with E-state index >= 15 is 0 Å². The molecule has 0 radical (unpaired) electrons. The number of hydrogen-bond acceptors (Lipinski definition) is 0. The molecule has 0 spiro atoms. The van der Waals surface area contributed by atoms with Crippen LogP contribution in [0.1, 0.15) is 0 Å². The molecule has 0 nitrogen and oxygen atoms in total. The van der Waals surface area contributed by atoms with Crippen LogP contribution in [0.2, 0.25) is 0 Å². The lowest BCUT2D eigenvalue weighted by molar-refractivity contribution is 1.53. The van der Waals surface area contributed by atoms with E-state index in [4.69, 9.17) is 0 Å². The molecule has 0 saturated carbocycles. The summed E-state index contributed by atoms with van der Waals surface area (Å²) in [5.41, 5.74) is 4.87. The smallest absolute Gasteiger partial charge is 0.0402 e. The highest BCUT2D eigenvalue weighted by atomic mass is 79.9. The second-order valence-corrected chi connectivity index (χ2v) is 6.16. The lowest BCUT2D eigenvalue weighted by Crippen LogP contribution is -1.88. The number of halogens is 2. The third-order valence-electron chi connectivity index (χ3n) is 3.24. The van der Waals surface area contributed by atoms with E-state index in [0.29, 0.717) is 0 Å². The van der Waals surface area contributed by atoms with Gasteiger partial charge in [0.2, 0.25) is 0 Å². The summed E-state index contributed by atoms with van der Waals surface area (Å²) in [7, 11) is 0. The van der Waals surface area contributed by atoms with E-state index < -0.39 is 0 Å². The molecule has 3 aromatic carbocycles. The number of benzene rings is 3. The molecule has 0 aliphatic heterocycles. The van der Waals surface area contributed by atoms with E-state index in [0.717, 1.165) is 8.95 Å². The van der Waals surface area contributed by atoms with Gasteiger partial charge < -0.3 is 0 Å². The first-order valence-electron chi connectivity index (χ1n) is 6.36. The van der Waals surface area contributed by atoms with Crippen LogP contribution in [0.25, 0.3) is 22.3 Å². The second-order valence-electron chi connectivity index (χ2n) is 4.52. The minimum absolute atomic E-state index is 1.07. The molecule has 3 aromatic rings. The van der Waals surface area contributed by atoms with Crippen molar-refractivity contribution in [3.63, 3.8) is 0 Å². The van der Waals surface area contributed by atoms with E-state index in [1.165, 1.54) is 22.3 Å². The zero-order valence-electron chi connectivity index (χ0n) is 10.7. The molecule has 0 bridgehead atoms. The van der Waals surface area contributed by atoms with Gasteiger partial charge in [-0.25, -0.2) is 0 Å². The van der Waals surface area contributed by atoms with Crippen LogP contribution in [-0.2, 0) is 0 Å². The Labute approximate surface area is 135 Å². The number of rotatable bonds is 2. The normalized spacial score (nSPS) is 10.5. The van der Waals surface area contributed by atoms with Crippen molar-refractivity contribution in [3.05, 3.63) is 81.7 Å². The Kier molecular flexibility index (Phi) is 4.04. The maximum atomic E-state index is 3.72. The maximum Gasteiger partial charge on any atom is 0.0402 e. The SMILES string of the molecule is Brc1ccc(-c2ccccc2)c(-c2ccccc2)c1Br. The summed E-state index contributed by atoms with van der Waals surface area (Å²) in [6.07, 6.45) is 0. The average Bonchev–Trinajstić information content (AvgIpc) is 2.51. The summed E-state index contributed by atoms with van der Waals surface area (Å²) in [6.45, 7) is 0. The molecule has 3 rings (SSSR count). The van der Waals surface area contributed by atoms with Gasteiger partial charge in [0.25, 0.3) is 0 Å². The van der Waals surface area contributed by atoms with E-state index in [1.807, 2.05) is 12.1 Å². The lowest BCUT2D eigenvalue weighted by atomic mass is 9.95. The Balaban J connectivity index is 2.29. The first-order valence-corrected chi connectivity index (χ1v) is 7.95. The summed E-state index contributed by atoms with van der Waals surface area (Å²) < 4.78 is 2.15. The Morgan fingerprint density at radius 3 is 1.70 bits per heavy atom. The first-order chi connectivity index (χ1) is 9.77. The maximum absolute atomic E-state index is 3.72. The van der Waals surface area contributed by atoms with Crippen molar-refractivity contribution < 1.29 is 0 Å². The Bertz CT molecular complexity index is 719. The van der Waals surface area contributed by atoms with Crippen molar-refractivity contribution in [3.8, 4) is 22.3 Å². The van der Waals surface area contributed by atoms with E-state index in [9.17, 15) is 0 Å². The zero-order chi connectivity index (χ0) is 13.9. The molecule has 0 unspecified atom stereocenters. The standard InChI is InChI=1S/C18H12Br2/c19-16-12-11-15(13-7-3-1-4-8-13)17(18(16)20)14-9-5-2-6-10-14/h1-12H. The van der Waals surface area contributed by atoms with E-state index in [1.54, 1.807) is 0 Å². The van der Waals surface area contributed by atoms with Gasteiger partial charge in [-0.3, -0.25) is 0 Å². The van der Waals surface area contributed by atoms with Crippen molar-refractivity contribution >= 4 is 31.9 Å². The summed E-state index contributed by atoms with van der Waals surface area (Å²) in [4.78, 5) is 0. The lowest BCUT2D eigenvalue weighted by Gasteiger charge is -2.14. The van der Waals surface area contributed by atoms with Crippen LogP contribution in [0, 0.1) is 0 Å². The van der Waals surface area contributed by atoms with Gasteiger partial charge >= 0.3 is 0 Å². The topological polar surface area (TPSA) is 0 Å². The molecule has 0 heterocycles. The van der Waals surface area contributed by atoms with Crippen LogP contribution in [0.3, 0.4) is 0 Å². The Morgan fingerprint density at radius 2 is 1.10 bits per heavy atom. The van der Waals surface area contributed by atoms with Gasteiger partial charge in [-0.1, -0.05) is 66.7 Å². The van der Waals surface area contributed by atoms with Crippen LogP contribution in [0.15, 0.2) is 81.7 Å². The Hall–Kier alpha value is -1.38. The first kappa shape index (κ1) is 13.6. The molecule has 0 aliphatic rings. The molecule has 0 aliphatic carbocycles. The number of hydrogen-bond donors (Lipinski definition) is 0. The molecule has 20 heavy (non-hydrogen) atoms. The van der Waals surface area contributed by atoms with Crippen LogP contribution in [0.5, 0.6) is 0 Å². The molecular formula is C18H12Br2. The van der Waals surface area contributed by atoms with Crippen molar-refractivity contribution in [2.24, 2.45) is 0 Å². The van der Waals surface area contributed by atoms with Gasteiger partial charge in [-0.05, 0) is 54.6 Å². The molecule has 0 saturated heterocycles. The van der Waals surface area contributed by atoms with Gasteiger partial charge in [-0.15, -0.1) is 0 Å². The fourth-order valence-corrected chi connectivity index (χ4v) is 3.20. The molecule has 0 atom stereocenters. The third kappa shape index (κ3) is 2.58. The van der Waals surface area contributed by atoms with Crippen molar-refractivity contribution in [2.75, 3.05) is 0 Å². The minimum Gasteiger partial charge on any atom is -0.0622 e. The van der Waals surface area contributed by atoms with Gasteiger partial charge in [0.05, 0.1) is 0 Å². The predicted octanol–water partition coefficient (Wildman–Crippen LogP) is 6.55. The molecule has 0 aromatic heterocycles. The van der Waals surface area contributed by atoms with Crippen molar-refractivity contribution in [1.29, 1.82) is 0 Å². The van der Waals surface area contributed by atoms with Crippen molar-refractivity contribution in [1.82, 2.24) is 0 Å². The highest BCUT2D eigenvalue weighted by Gasteiger charge is 2.13. The van der Waals surface area contributed by atoms with Gasteiger partial charge in [0, 0.05) is 14.5 Å². The summed E-state index contributed by atoms with van der Waals surface area (Å²) in [6, 6.07) is 25.2. The molecular weight excluding hydrogens is 376 g/mol. The fraction of sp³-hybridized carbons (Fsp3) is 0. The fourth-order valence-electron chi connectivity index (χ4n) is 2.30. The molecule has 2 heteroatoms. The van der Waals surface area contributed by atoms with Crippen LogP contribution >= 0.6 is 31.9 Å². The van der Waals surface area contributed by atoms with E-state index in [-0.39, 0.29) is 0 Å². The monoisotopic (exact) mass is 386 g/mol. The van der Waals surface area contributed by atoms with Crippen molar-refractivity contribution in [2.45, 2.75) is 0 Å². The van der Waals surface area contributed by atoms with Gasteiger partial charge in [0.15, 0.2) is 0 Å². The second kappa shape index (κ2) is 5.94. The van der Waals surface area contributed by atoms with Gasteiger partial charge in [-0.2, -0.15) is 0 Å². The average molecular weight is 388 g/mol. The zero-order valence-corrected chi connectivity index (χ0v) is 13.9. The summed E-state index contributed by atoms with van der Waals surface area (Å²) >= 11 is 7.32. The van der Waals surface area contributed by atoms with Crippen LogP contribution in [-0.4, -0.2) is 0 Å². The third-order valence-corrected chi connectivity index (χ3v) is 5.26. The summed E-state index contributed by atoms with van der Waals surface area (Å²) in [5.74, 6) is 0. The van der Waals surface area contributed by atoms with Crippen LogP contribution < -0.4 is 0 Å². The molecule has 0 fully saturated rings. The molecule has 98 valence electrons. The quantitative estimate of drug-likeness (QED) is 0.467. The predicted molar refractivity (Wildman–Crippen MR) is 92.7 cm³/mol.